The average Bonchev–Trinajstić information content (AvgIpc) is 2.67. The molecule has 84 valence electrons. The van der Waals surface area contributed by atoms with Gasteiger partial charge in [0, 0.05) is 11.4 Å². The Morgan fingerprint density at radius 1 is 1.31 bits per heavy atom. The monoisotopic (exact) mass is 273 g/mol. The molecule has 0 spiro atoms. The fourth-order valence-electron chi connectivity index (χ4n) is 1.23. The highest BCUT2D eigenvalue weighted by Crippen LogP contribution is 2.22. The molecule has 0 saturated heterocycles. The van der Waals surface area contributed by atoms with Gasteiger partial charge in [0.1, 0.15) is 17.2 Å². The van der Waals surface area contributed by atoms with Gasteiger partial charge in [-0.1, -0.05) is 23.2 Å². The van der Waals surface area contributed by atoms with Gasteiger partial charge in [-0.05, 0) is 18.6 Å². The molecule has 0 aromatic carbocycles. The molecule has 2 aromatic rings. The lowest BCUT2D eigenvalue weighted by atomic mass is 10.3. The predicted molar refractivity (Wildman–Crippen MR) is 68.6 cm³/mol. The second kappa shape index (κ2) is 5.48. The number of nitrogens with one attached hydrogen (secondary N) is 1. The Bertz CT molecular complexity index is 473. The standard InChI is InChI=1S/C10H9Cl2N3S/c11-8-5-13-6-15-10(8)14-4-3-7-1-2-9(12)16-7/h1-2,5-6H,3-4H2,(H,13,14,15). The maximum absolute atomic E-state index is 5.90. The average molecular weight is 274 g/mol. The van der Waals surface area contributed by atoms with Gasteiger partial charge in [-0.25, -0.2) is 9.97 Å². The number of halogens is 2. The molecule has 2 rings (SSSR count). The summed E-state index contributed by atoms with van der Waals surface area (Å²) in [7, 11) is 0. The molecular formula is C10H9Cl2N3S. The third-order valence-electron chi connectivity index (χ3n) is 1.96. The van der Waals surface area contributed by atoms with Crippen molar-refractivity contribution in [2.24, 2.45) is 0 Å². The number of hydrogen-bond donors (Lipinski definition) is 1. The van der Waals surface area contributed by atoms with Crippen LogP contribution in [-0.2, 0) is 6.42 Å². The summed E-state index contributed by atoms with van der Waals surface area (Å²) in [5.41, 5.74) is 0. The Morgan fingerprint density at radius 2 is 2.19 bits per heavy atom. The predicted octanol–water partition coefficient (Wildman–Crippen LogP) is 3.50. The molecular weight excluding hydrogens is 265 g/mol. The molecule has 0 radical (unpaired) electrons. The van der Waals surface area contributed by atoms with Crippen LogP contribution in [0.5, 0.6) is 0 Å². The second-order valence-corrected chi connectivity index (χ2v) is 5.31. The van der Waals surface area contributed by atoms with Crippen LogP contribution in [0.3, 0.4) is 0 Å². The lowest BCUT2D eigenvalue weighted by molar-refractivity contribution is 1.02. The molecule has 0 atom stereocenters. The molecule has 0 bridgehead atoms. The van der Waals surface area contributed by atoms with Crippen molar-refractivity contribution in [1.82, 2.24) is 9.97 Å². The molecule has 16 heavy (non-hydrogen) atoms. The molecule has 0 fully saturated rings. The lowest BCUT2D eigenvalue weighted by Crippen LogP contribution is -2.06. The molecule has 0 aliphatic heterocycles. The van der Waals surface area contributed by atoms with Crippen molar-refractivity contribution in [3.05, 3.63) is 38.9 Å². The van der Waals surface area contributed by atoms with Gasteiger partial charge in [-0.3, -0.25) is 0 Å². The smallest absolute Gasteiger partial charge is 0.148 e. The summed E-state index contributed by atoms with van der Waals surface area (Å²) in [5, 5.41) is 3.69. The van der Waals surface area contributed by atoms with E-state index in [-0.39, 0.29) is 0 Å². The molecule has 1 N–H and O–H groups in total. The first kappa shape index (κ1) is 11.6. The van der Waals surface area contributed by atoms with E-state index in [4.69, 9.17) is 23.2 Å². The normalized spacial score (nSPS) is 10.4. The first-order chi connectivity index (χ1) is 7.75. The Kier molecular flexibility index (Phi) is 3.98. The van der Waals surface area contributed by atoms with E-state index in [1.54, 1.807) is 17.5 Å². The van der Waals surface area contributed by atoms with Crippen LogP contribution in [0, 0.1) is 0 Å². The second-order valence-electron chi connectivity index (χ2n) is 3.10. The minimum absolute atomic E-state index is 0.534. The van der Waals surface area contributed by atoms with Crippen LogP contribution in [0.4, 0.5) is 5.82 Å². The fourth-order valence-corrected chi connectivity index (χ4v) is 2.49. The summed E-state index contributed by atoms with van der Waals surface area (Å²) in [6, 6.07) is 3.93. The zero-order chi connectivity index (χ0) is 11.4. The molecule has 0 saturated carbocycles. The van der Waals surface area contributed by atoms with Crippen molar-refractivity contribution < 1.29 is 0 Å². The van der Waals surface area contributed by atoms with Crippen LogP contribution in [0.1, 0.15) is 4.88 Å². The summed E-state index contributed by atoms with van der Waals surface area (Å²) >= 11 is 13.3. The van der Waals surface area contributed by atoms with E-state index in [2.05, 4.69) is 15.3 Å². The lowest BCUT2D eigenvalue weighted by Gasteiger charge is -2.04. The van der Waals surface area contributed by atoms with Crippen molar-refractivity contribution >= 4 is 40.4 Å². The first-order valence-corrected chi connectivity index (χ1v) is 6.26. The minimum Gasteiger partial charge on any atom is -0.368 e. The van der Waals surface area contributed by atoms with E-state index in [1.807, 2.05) is 12.1 Å². The molecule has 0 unspecified atom stereocenters. The Morgan fingerprint density at radius 3 is 2.88 bits per heavy atom. The van der Waals surface area contributed by atoms with E-state index in [9.17, 15) is 0 Å². The summed E-state index contributed by atoms with van der Waals surface area (Å²) in [5.74, 6) is 0.666. The Labute approximate surface area is 107 Å². The van der Waals surface area contributed by atoms with Crippen molar-refractivity contribution in [2.45, 2.75) is 6.42 Å². The Balaban J connectivity index is 1.87. The highest BCUT2D eigenvalue weighted by molar-refractivity contribution is 7.16. The highest BCUT2D eigenvalue weighted by Gasteiger charge is 2.01. The van der Waals surface area contributed by atoms with Crippen molar-refractivity contribution in [3.63, 3.8) is 0 Å². The van der Waals surface area contributed by atoms with E-state index in [1.165, 1.54) is 11.2 Å². The highest BCUT2D eigenvalue weighted by atomic mass is 35.5. The quantitative estimate of drug-likeness (QED) is 0.927. The minimum atomic E-state index is 0.534. The maximum Gasteiger partial charge on any atom is 0.148 e. The summed E-state index contributed by atoms with van der Waals surface area (Å²) < 4.78 is 0.815. The van der Waals surface area contributed by atoms with Gasteiger partial charge in [0.15, 0.2) is 0 Å². The molecule has 6 heteroatoms. The molecule has 2 aromatic heterocycles. The molecule has 3 nitrogen and oxygen atoms in total. The first-order valence-electron chi connectivity index (χ1n) is 4.69. The van der Waals surface area contributed by atoms with Crippen LogP contribution in [-0.4, -0.2) is 16.5 Å². The SMILES string of the molecule is Clc1ccc(CCNc2ncncc2Cl)s1. The van der Waals surface area contributed by atoms with Gasteiger partial charge in [0.2, 0.25) is 0 Å². The maximum atomic E-state index is 5.90. The van der Waals surface area contributed by atoms with E-state index >= 15 is 0 Å². The van der Waals surface area contributed by atoms with Gasteiger partial charge in [0.25, 0.3) is 0 Å². The van der Waals surface area contributed by atoms with Gasteiger partial charge in [-0.15, -0.1) is 11.3 Å². The summed E-state index contributed by atoms with van der Waals surface area (Å²) in [4.78, 5) is 9.09. The van der Waals surface area contributed by atoms with Crippen LogP contribution in [0.2, 0.25) is 9.36 Å². The number of thiophene rings is 1. The van der Waals surface area contributed by atoms with Crippen molar-refractivity contribution in [1.29, 1.82) is 0 Å². The molecule has 0 aliphatic carbocycles. The van der Waals surface area contributed by atoms with E-state index in [0.717, 1.165) is 17.3 Å². The van der Waals surface area contributed by atoms with Crippen LogP contribution < -0.4 is 5.32 Å². The number of nitrogens with zero attached hydrogens (tertiary/aromatic N) is 2. The number of anilines is 1. The van der Waals surface area contributed by atoms with Gasteiger partial charge >= 0.3 is 0 Å². The van der Waals surface area contributed by atoms with Crippen molar-refractivity contribution in [2.75, 3.05) is 11.9 Å². The van der Waals surface area contributed by atoms with Crippen LogP contribution in [0.25, 0.3) is 0 Å². The zero-order valence-electron chi connectivity index (χ0n) is 8.28. The van der Waals surface area contributed by atoms with Crippen LogP contribution >= 0.6 is 34.5 Å². The van der Waals surface area contributed by atoms with Crippen LogP contribution in [0.15, 0.2) is 24.7 Å². The van der Waals surface area contributed by atoms with E-state index < -0.39 is 0 Å². The Hall–Kier alpha value is -0.840. The number of hydrogen-bond acceptors (Lipinski definition) is 4. The zero-order valence-corrected chi connectivity index (χ0v) is 10.6. The number of aromatic nitrogens is 2. The molecule has 0 aliphatic rings. The topological polar surface area (TPSA) is 37.8 Å². The largest absolute Gasteiger partial charge is 0.368 e. The van der Waals surface area contributed by atoms with E-state index in [0.29, 0.717) is 10.8 Å². The van der Waals surface area contributed by atoms with Gasteiger partial charge in [0.05, 0.1) is 10.5 Å². The molecule has 0 amide bonds. The van der Waals surface area contributed by atoms with Gasteiger partial charge < -0.3 is 5.32 Å². The third kappa shape index (κ3) is 3.07. The molecule has 2 heterocycles. The van der Waals surface area contributed by atoms with Gasteiger partial charge in [-0.2, -0.15) is 0 Å². The van der Waals surface area contributed by atoms with Crippen molar-refractivity contribution in [3.8, 4) is 0 Å². The third-order valence-corrected chi connectivity index (χ3v) is 3.53. The summed E-state index contributed by atoms with van der Waals surface area (Å²) in [6.45, 7) is 0.771. The summed E-state index contributed by atoms with van der Waals surface area (Å²) in [6.07, 6.45) is 3.94. The fraction of sp³-hybridized carbons (Fsp3) is 0.200. The number of rotatable bonds is 4.